The summed E-state index contributed by atoms with van der Waals surface area (Å²) >= 11 is 1.64. The number of nitrogens with one attached hydrogen (secondary N) is 1. The summed E-state index contributed by atoms with van der Waals surface area (Å²) in [5, 5.41) is 13.5. The van der Waals surface area contributed by atoms with Crippen molar-refractivity contribution in [2.24, 2.45) is 0 Å². The first-order valence-electron chi connectivity index (χ1n) is 6.64. The number of hydrogen-bond acceptors (Lipinski definition) is 5. The van der Waals surface area contributed by atoms with Crippen LogP contribution < -0.4 is 5.32 Å². The molecule has 0 saturated heterocycles. The fourth-order valence-corrected chi connectivity index (χ4v) is 2.40. The molecular weight excluding hydrogens is 327 g/mol. The number of fused-ring (bicyclic) bond motifs is 1. The van der Waals surface area contributed by atoms with Gasteiger partial charge in [0.15, 0.2) is 5.65 Å². The van der Waals surface area contributed by atoms with Gasteiger partial charge in [0.1, 0.15) is 5.82 Å². The van der Waals surface area contributed by atoms with Gasteiger partial charge in [-0.25, -0.2) is 0 Å². The lowest BCUT2D eigenvalue weighted by Gasteiger charge is -2.08. The van der Waals surface area contributed by atoms with Crippen LogP contribution in [0.5, 0.6) is 0 Å². The van der Waals surface area contributed by atoms with Crippen LogP contribution in [0.1, 0.15) is 11.4 Å². The Kier molecular flexibility index (Phi) is 4.12. The molecule has 3 rings (SSSR count). The number of anilines is 1. The number of hydrogen-bond donors (Lipinski definition) is 1. The van der Waals surface area contributed by atoms with Crippen molar-refractivity contribution in [1.82, 2.24) is 19.8 Å². The molecule has 0 unspecified atom stereocenters. The molecule has 0 aliphatic rings. The highest BCUT2D eigenvalue weighted by Gasteiger charge is 2.37. The SMILES string of the molecule is CSc1ccc(CNc2ccc3nnc(C(F)(F)F)n3n2)cc1. The molecule has 1 N–H and O–H groups in total. The van der Waals surface area contributed by atoms with E-state index in [2.05, 4.69) is 20.6 Å². The Morgan fingerprint density at radius 1 is 1.09 bits per heavy atom. The van der Waals surface area contributed by atoms with Gasteiger partial charge < -0.3 is 5.32 Å². The van der Waals surface area contributed by atoms with E-state index in [0.29, 0.717) is 16.9 Å². The zero-order valence-corrected chi connectivity index (χ0v) is 12.8. The average molecular weight is 339 g/mol. The van der Waals surface area contributed by atoms with E-state index in [1.54, 1.807) is 17.8 Å². The highest BCUT2D eigenvalue weighted by atomic mass is 32.2. The summed E-state index contributed by atoms with van der Waals surface area (Å²) in [6, 6.07) is 10.9. The zero-order chi connectivity index (χ0) is 16.4. The molecule has 3 aromatic rings. The number of rotatable bonds is 4. The van der Waals surface area contributed by atoms with E-state index < -0.39 is 12.0 Å². The van der Waals surface area contributed by atoms with Crippen LogP contribution in [-0.2, 0) is 12.7 Å². The molecule has 0 radical (unpaired) electrons. The second-order valence-electron chi connectivity index (χ2n) is 4.71. The minimum Gasteiger partial charge on any atom is -0.365 e. The summed E-state index contributed by atoms with van der Waals surface area (Å²) in [4.78, 5) is 1.15. The summed E-state index contributed by atoms with van der Waals surface area (Å²) in [6.07, 6.45) is -2.61. The molecule has 0 amide bonds. The number of benzene rings is 1. The van der Waals surface area contributed by atoms with Crippen molar-refractivity contribution in [3.63, 3.8) is 0 Å². The van der Waals surface area contributed by atoms with Gasteiger partial charge in [-0.2, -0.15) is 17.7 Å². The maximum absolute atomic E-state index is 12.8. The summed E-state index contributed by atoms with van der Waals surface area (Å²) in [5.74, 6) is -0.822. The topological polar surface area (TPSA) is 55.1 Å². The van der Waals surface area contributed by atoms with E-state index in [4.69, 9.17) is 0 Å². The van der Waals surface area contributed by atoms with Gasteiger partial charge in [-0.1, -0.05) is 12.1 Å². The third-order valence-electron chi connectivity index (χ3n) is 3.15. The van der Waals surface area contributed by atoms with Gasteiger partial charge in [0.05, 0.1) is 0 Å². The first-order chi connectivity index (χ1) is 11.0. The normalized spacial score (nSPS) is 11.8. The molecule has 0 fully saturated rings. The Labute approximate surface area is 133 Å². The third-order valence-corrected chi connectivity index (χ3v) is 3.89. The summed E-state index contributed by atoms with van der Waals surface area (Å²) in [5.41, 5.74) is 1.05. The molecule has 0 aliphatic heterocycles. The Hall–Kier alpha value is -2.29. The van der Waals surface area contributed by atoms with Crippen LogP contribution in [-0.4, -0.2) is 26.1 Å². The van der Waals surface area contributed by atoms with Gasteiger partial charge in [0.25, 0.3) is 5.82 Å². The molecule has 0 spiro atoms. The first kappa shape index (κ1) is 15.6. The van der Waals surface area contributed by atoms with E-state index in [-0.39, 0.29) is 5.65 Å². The maximum atomic E-state index is 12.8. The zero-order valence-electron chi connectivity index (χ0n) is 12.0. The quantitative estimate of drug-likeness (QED) is 0.738. The fourth-order valence-electron chi connectivity index (χ4n) is 2.00. The van der Waals surface area contributed by atoms with Crippen LogP contribution in [0.25, 0.3) is 5.65 Å². The van der Waals surface area contributed by atoms with Crippen molar-refractivity contribution < 1.29 is 13.2 Å². The van der Waals surface area contributed by atoms with Crippen LogP contribution >= 0.6 is 11.8 Å². The molecule has 23 heavy (non-hydrogen) atoms. The van der Waals surface area contributed by atoms with E-state index in [1.165, 1.54) is 6.07 Å². The lowest BCUT2D eigenvalue weighted by molar-refractivity contribution is -0.146. The number of halogens is 3. The van der Waals surface area contributed by atoms with E-state index in [9.17, 15) is 13.2 Å². The molecule has 0 bridgehead atoms. The predicted octanol–water partition coefficient (Wildman–Crippen LogP) is 3.48. The van der Waals surface area contributed by atoms with Crippen molar-refractivity contribution in [3.8, 4) is 0 Å². The summed E-state index contributed by atoms with van der Waals surface area (Å²) in [7, 11) is 0. The highest BCUT2D eigenvalue weighted by molar-refractivity contribution is 7.98. The van der Waals surface area contributed by atoms with Crippen molar-refractivity contribution >= 4 is 23.2 Å². The van der Waals surface area contributed by atoms with Crippen LogP contribution in [0.3, 0.4) is 0 Å². The van der Waals surface area contributed by atoms with Gasteiger partial charge in [0.2, 0.25) is 0 Å². The molecule has 0 saturated carbocycles. The van der Waals surface area contributed by atoms with Gasteiger partial charge in [-0.15, -0.1) is 27.1 Å². The molecule has 0 atom stereocenters. The van der Waals surface area contributed by atoms with Crippen molar-refractivity contribution in [2.75, 3.05) is 11.6 Å². The third kappa shape index (κ3) is 3.39. The first-order valence-corrected chi connectivity index (χ1v) is 7.86. The predicted molar refractivity (Wildman–Crippen MR) is 81.3 cm³/mol. The second-order valence-corrected chi connectivity index (χ2v) is 5.59. The molecule has 2 heterocycles. The minimum atomic E-state index is -4.60. The number of nitrogens with zero attached hydrogens (tertiary/aromatic N) is 4. The maximum Gasteiger partial charge on any atom is 0.453 e. The standard InChI is InChI=1S/C14H12F3N5S/c1-23-10-4-2-9(3-5-10)8-18-11-6-7-12-19-20-13(14(15,16)17)22(12)21-11/h2-7H,8H2,1H3,(H,18,21). The van der Waals surface area contributed by atoms with E-state index in [1.807, 2.05) is 30.5 Å². The smallest absolute Gasteiger partial charge is 0.365 e. The van der Waals surface area contributed by atoms with Crippen LogP contribution in [0.2, 0.25) is 0 Å². The highest BCUT2D eigenvalue weighted by Crippen LogP contribution is 2.27. The second kappa shape index (κ2) is 6.07. The molecule has 9 heteroatoms. The van der Waals surface area contributed by atoms with Crippen LogP contribution in [0.15, 0.2) is 41.3 Å². The van der Waals surface area contributed by atoms with Crippen molar-refractivity contribution in [2.45, 2.75) is 17.6 Å². The van der Waals surface area contributed by atoms with E-state index in [0.717, 1.165) is 10.5 Å². The lowest BCUT2D eigenvalue weighted by atomic mass is 10.2. The van der Waals surface area contributed by atoms with Crippen molar-refractivity contribution in [1.29, 1.82) is 0 Å². The largest absolute Gasteiger partial charge is 0.453 e. The van der Waals surface area contributed by atoms with Gasteiger partial charge in [-0.05, 0) is 36.1 Å². The minimum absolute atomic E-state index is 0.0483. The average Bonchev–Trinajstić information content (AvgIpc) is 2.96. The monoisotopic (exact) mass is 339 g/mol. The Balaban J connectivity index is 1.80. The molecule has 0 aliphatic carbocycles. The summed E-state index contributed by atoms with van der Waals surface area (Å²) in [6.45, 7) is 0.455. The van der Waals surface area contributed by atoms with E-state index >= 15 is 0 Å². The number of thioether (sulfide) groups is 1. The van der Waals surface area contributed by atoms with Crippen LogP contribution in [0, 0.1) is 0 Å². The molecular formula is C14H12F3N5S. The van der Waals surface area contributed by atoms with Gasteiger partial charge in [-0.3, -0.25) is 0 Å². The molecule has 120 valence electrons. The van der Waals surface area contributed by atoms with Crippen LogP contribution in [0.4, 0.5) is 19.0 Å². The number of aromatic nitrogens is 4. The molecule has 2 aromatic heterocycles. The van der Waals surface area contributed by atoms with Gasteiger partial charge in [0, 0.05) is 11.4 Å². The summed E-state index contributed by atoms with van der Waals surface area (Å²) < 4.78 is 39.2. The van der Waals surface area contributed by atoms with Crippen molar-refractivity contribution in [3.05, 3.63) is 47.8 Å². The molecule has 1 aromatic carbocycles. The molecule has 5 nitrogen and oxygen atoms in total. The Bertz CT molecular complexity index is 813. The number of alkyl halides is 3. The lowest BCUT2D eigenvalue weighted by Crippen LogP contribution is -2.13. The Morgan fingerprint density at radius 2 is 1.83 bits per heavy atom. The van der Waals surface area contributed by atoms with Gasteiger partial charge >= 0.3 is 6.18 Å². The fraction of sp³-hybridized carbons (Fsp3) is 0.214. The Morgan fingerprint density at radius 3 is 2.48 bits per heavy atom.